The van der Waals surface area contributed by atoms with Crippen LogP contribution in [0.2, 0.25) is 0 Å². The minimum Gasteiger partial charge on any atom is -0.497 e. The number of aryl methyl sites for hydroxylation is 2. The molecule has 0 aliphatic rings. The number of nitrogen functional groups attached to an aromatic ring is 1. The van der Waals surface area contributed by atoms with Crippen LogP contribution in [-0.2, 0) is 0 Å². The first kappa shape index (κ1) is 12.2. The predicted molar refractivity (Wildman–Crippen MR) is 74.4 cm³/mol. The fourth-order valence-corrected chi connectivity index (χ4v) is 1.76. The Labute approximate surface area is 107 Å². The topological polar surface area (TPSA) is 60.2 Å². The van der Waals surface area contributed by atoms with Gasteiger partial charge in [-0.15, -0.1) is 0 Å². The summed E-state index contributed by atoms with van der Waals surface area (Å²) in [5.41, 5.74) is 9.49. The maximum Gasteiger partial charge on any atom is 0.133 e. The summed E-state index contributed by atoms with van der Waals surface area (Å²) in [7, 11) is 1.66. The Morgan fingerprint density at radius 3 is 2.56 bits per heavy atom. The number of anilines is 3. The third kappa shape index (κ3) is 2.53. The minimum atomic E-state index is 0.671. The zero-order chi connectivity index (χ0) is 13.1. The Morgan fingerprint density at radius 2 is 1.94 bits per heavy atom. The third-order valence-corrected chi connectivity index (χ3v) is 2.79. The van der Waals surface area contributed by atoms with Crippen molar-refractivity contribution in [2.24, 2.45) is 0 Å². The number of nitrogens with zero attached hydrogens (tertiary/aromatic N) is 1. The highest BCUT2D eigenvalue weighted by molar-refractivity contribution is 5.64. The SMILES string of the molecule is COc1ccc(Nc2ncc(N)cc2C)c(C)c1. The van der Waals surface area contributed by atoms with E-state index in [1.54, 1.807) is 13.3 Å². The molecule has 0 aliphatic heterocycles. The van der Waals surface area contributed by atoms with E-state index in [2.05, 4.69) is 10.3 Å². The molecule has 18 heavy (non-hydrogen) atoms. The summed E-state index contributed by atoms with van der Waals surface area (Å²) >= 11 is 0. The van der Waals surface area contributed by atoms with Gasteiger partial charge in [-0.2, -0.15) is 0 Å². The van der Waals surface area contributed by atoms with Crippen molar-refractivity contribution in [3.05, 3.63) is 41.6 Å². The van der Waals surface area contributed by atoms with E-state index in [0.29, 0.717) is 5.69 Å². The second-order valence-electron chi connectivity index (χ2n) is 4.24. The van der Waals surface area contributed by atoms with E-state index in [9.17, 15) is 0 Å². The van der Waals surface area contributed by atoms with Gasteiger partial charge in [-0.1, -0.05) is 0 Å². The highest BCUT2D eigenvalue weighted by atomic mass is 16.5. The first-order chi connectivity index (χ1) is 8.60. The smallest absolute Gasteiger partial charge is 0.133 e. The van der Waals surface area contributed by atoms with Crippen molar-refractivity contribution >= 4 is 17.2 Å². The lowest BCUT2D eigenvalue weighted by Gasteiger charge is -2.12. The van der Waals surface area contributed by atoms with E-state index in [0.717, 1.165) is 28.4 Å². The third-order valence-electron chi connectivity index (χ3n) is 2.79. The molecule has 1 heterocycles. The molecular weight excluding hydrogens is 226 g/mol. The lowest BCUT2D eigenvalue weighted by atomic mass is 10.2. The quantitative estimate of drug-likeness (QED) is 0.869. The van der Waals surface area contributed by atoms with Crippen molar-refractivity contribution in [3.63, 3.8) is 0 Å². The molecule has 0 fully saturated rings. The van der Waals surface area contributed by atoms with Gasteiger partial charge in [0.1, 0.15) is 11.6 Å². The fraction of sp³-hybridized carbons (Fsp3) is 0.214. The molecule has 3 N–H and O–H groups in total. The Kier molecular flexibility index (Phi) is 3.37. The van der Waals surface area contributed by atoms with Crippen molar-refractivity contribution < 1.29 is 4.74 Å². The van der Waals surface area contributed by atoms with Crippen LogP contribution in [0.5, 0.6) is 5.75 Å². The molecule has 2 rings (SSSR count). The van der Waals surface area contributed by atoms with E-state index in [1.165, 1.54) is 0 Å². The number of hydrogen-bond acceptors (Lipinski definition) is 4. The molecule has 2 aromatic rings. The summed E-state index contributed by atoms with van der Waals surface area (Å²) in [6.45, 7) is 4.00. The van der Waals surface area contributed by atoms with Crippen molar-refractivity contribution in [1.29, 1.82) is 0 Å². The maximum atomic E-state index is 5.68. The molecule has 0 amide bonds. The number of ether oxygens (including phenoxy) is 1. The van der Waals surface area contributed by atoms with Crippen molar-refractivity contribution in [2.45, 2.75) is 13.8 Å². The second-order valence-corrected chi connectivity index (χ2v) is 4.24. The Bertz CT molecular complexity index is 567. The number of methoxy groups -OCH3 is 1. The maximum absolute atomic E-state index is 5.68. The van der Waals surface area contributed by atoms with E-state index in [4.69, 9.17) is 10.5 Å². The van der Waals surface area contributed by atoms with Gasteiger partial charge in [-0.3, -0.25) is 0 Å². The summed E-state index contributed by atoms with van der Waals surface area (Å²) in [6, 6.07) is 7.77. The summed E-state index contributed by atoms with van der Waals surface area (Å²) in [5.74, 6) is 1.66. The van der Waals surface area contributed by atoms with Crippen LogP contribution in [0.25, 0.3) is 0 Å². The number of aromatic nitrogens is 1. The highest BCUT2D eigenvalue weighted by Crippen LogP contribution is 2.25. The van der Waals surface area contributed by atoms with Gasteiger partial charge in [0.05, 0.1) is 19.0 Å². The number of hydrogen-bond donors (Lipinski definition) is 2. The molecule has 0 saturated heterocycles. The number of pyridine rings is 1. The Morgan fingerprint density at radius 1 is 1.17 bits per heavy atom. The zero-order valence-corrected chi connectivity index (χ0v) is 10.8. The zero-order valence-electron chi connectivity index (χ0n) is 10.8. The van der Waals surface area contributed by atoms with Crippen molar-refractivity contribution in [1.82, 2.24) is 4.98 Å². The van der Waals surface area contributed by atoms with Gasteiger partial charge in [0.15, 0.2) is 0 Å². The summed E-state index contributed by atoms with van der Waals surface area (Å²) < 4.78 is 5.18. The molecule has 0 unspecified atom stereocenters. The molecule has 0 radical (unpaired) electrons. The largest absolute Gasteiger partial charge is 0.497 e. The molecule has 94 valence electrons. The number of rotatable bonds is 3. The molecule has 0 atom stereocenters. The molecule has 0 saturated carbocycles. The van der Waals surface area contributed by atoms with Crippen LogP contribution < -0.4 is 15.8 Å². The highest BCUT2D eigenvalue weighted by Gasteiger charge is 2.04. The fourth-order valence-electron chi connectivity index (χ4n) is 1.76. The monoisotopic (exact) mass is 243 g/mol. The lowest BCUT2D eigenvalue weighted by molar-refractivity contribution is 0.414. The predicted octanol–water partition coefficient (Wildman–Crippen LogP) is 3.03. The molecule has 0 aliphatic carbocycles. The normalized spacial score (nSPS) is 10.2. The van der Waals surface area contributed by atoms with Gasteiger partial charge in [-0.25, -0.2) is 4.98 Å². The average molecular weight is 243 g/mol. The average Bonchev–Trinajstić information content (AvgIpc) is 2.34. The van der Waals surface area contributed by atoms with Crippen LogP contribution in [0.15, 0.2) is 30.5 Å². The molecule has 0 bridgehead atoms. The standard InChI is InChI=1S/C14H17N3O/c1-9-7-12(18-3)4-5-13(9)17-14-10(2)6-11(15)8-16-14/h4-8H,15H2,1-3H3,(H,16,17). The van der Waals surface area contributed by atoms with Gasteiger partial charge in [0.25, 0.3) is 0 Å². The van der Waals surface area contributed by atoms with Gasteiger partial charge < -0.3 is 15.8 Å². The van der Waals surface area contributed by atoms with Gasteiger partial charge >= 0.3 is 0 Å². The van der Waals surface area contributed by atoms with Crippen LogP contribution in [0, 0.1) is 13.8 Å². The van der Waals surface area contributed by atoms with Gasteiger partial charge in [0, 0.05) is 5.69 Å². The molecule has 4 nitrogen and oxygen atoms in total. The minimum absolute atomic E-state index is 0.671. The Hall–Kier alpha value is -2.23. The van der Waals surface area contributed by atoms with Crippen molar-refractivity contribution in [2.75, 3.05) is 18.2 Å². The summed E-state index contributed by atoms with van der Waals surface area (Å²) in [5, 5.41) is 3.30. The number of nitrogens with two attached hydrogens (primary N) is 1. The first-order valence-electron chi connectivity index (χ1n) is 5.74. The van der Waals surface area contributed by atoms with E-state index in [-0.39, 0.29) is 0 Å². The molecule has 0 spiro atoms. The second kappa shape index (κ2) is 4.96. The molecule has 1 aromatic heterocycles. The van der Waals surface area contributed by atoms with Crippen LogP contribution in [-0.4, -0.2) is 12.1 Å². The first-order valence-corrected chi connectivity index (χ1v) is 5.74. The van der Waals surface area contributed by atoms with E-state index >= 15 is 0 Å². The van der Waals surface area contributed by atoms with Crippen LogP contribution in [0.1, 0.15) is 11.1 Å². The van der Waals surface area contributed by atoms with Gasteiger partial charge in [-0.05, 0) is 49.2 Å². The number of benzene rings is 1. The Balaban J connectivity index is 2.28. The number of nitrogens with one attached hydrogen (secondary N) is 1. The van der Waals surface area contributed by atoms with E-state index < -0.39 is 0 Å². The molecule has 4 heteroatoms. The molecule has 1 aromatic carbocycles. The van der Waals surface area contributed by atoms with Crippen LogP contribution in [0.3, 0.4) is 0 Å². The van der Waals surface area contributed by atoms with E-state index in [1.807, 2.05) is 38.1 Å². The lowest BCUT2D eigenvalue weighted by Crippen LogP contribution is -1.99. The van der Waals surface area contributed by atoms with Gasteiger partial charge in [0.2, 0.25) is 0 Å². The molecular formula is C14H17N3O. The van der Waals surface area contributed by atoms with Crippen LogP contribution in [0.4, 0.5) is 17.2 Å². The van der Waals surface area contributed by atoms with Crippen LogP contribution >= 0.6 is 0 Å². The van der Waals surface area contributed by atoms with Crippen molar-refractivity contribution in [3.8, 4) is 5.75 Å². The summed E-state index contributed by atoms with van der Waals surface area (Å²) in [6.07, 6.45) is 1.65. The summed E-state index contributed by atoms with van der Waals surface area (Å²) in [4.78, 5) is 4.29.